The van der Waals surface area contributed by atoms with Gasteiger partial charge in [-0.25, -0.2) is 22.0 Å². The van der Waals surface area contributed by atoms with E-state index >= 15 is 0 Å². The molecule has 0 aliphatic carbocycles. The number of hydrogen-bond donors (Lipinski definition) is 1. The maximum absolute atomic E-state index is 14.1. The van der Waals surface area contributed by atoms with E-state index in [1.54, 1.807) is 0 Å². The number of carbonyl (C=O) groups is 1. The van der Waals surface area contributed by atoms with Crippen LogP contribution in [0.15, 0.2) is 46.9 Å². The summed E-state index contributed by atoms with van der Waals surface area (Å²) in [5, 5.41) is 8.78. The normalized spacial score (nSPS) is 12.1. The molecule has 2 rings (SSSR count). The molecule has 0 saturated carbocycles. The molecule has 1 N–H and O–H groups in total. The molecule has 132 valence electrons. The molecule has 0 fully saturated rings. The fourth-order valence-electron chi connectivity index (χ4n) is 1.86. The van der Waals surface area contributed by atoms with E-state index in [1.165, 1.54) is 19.1 Å². The summed E-state index contributed by atoms with van der Waals surface area (Å²) in [6.45, 7) is 1.29. The van der Waals surface area contributed by atoms with Crippen LogP contribution in [0.4, 0.5) is 8.78 Å². The van der Waals surface area contributed by atoms with Crippen molar-refractivity contribution in [2.45, 2.75) is 11.8 Å². The van der Waals surface area contributed by atoms with Gasteiger partial charge >= 0.3 is 5.97 Å². The van der Waals surface area contributed by atoms with Crippen molar-refractivity contribution >= 4 is 31.8 Å². The average Bonchev–Trinajstić information content (AvgIpc) is 2.50. The van der Waals surface area contributed by atoms with Gasteiger partial charge in [0, 0.05) is 16.3 Å². The molecule has 0 amide bonds. The number of carboxylic acid groups (broad SMARTS) is 1. The lowest BCUT2D eigenvalue weighted by Gasteiger charge is -2.09. The number of aliphatic carboxylic acids is 1. The first-order valence-corrected chi connectivity index (χ1v) is 9.02. The summed E-state index contributed by atoms with van der Waals surface area (Å²) in [5.74, 6) is -4.01. The molecule has 5 nitrogen and oxygen atoms in total. The molecule has 0 heterocycles. The van der Waals surface area contributed by atoms with Crippen molar-refractivity contribution in [2.75, 3.05) is 0 Å². The standard InChI is InChI=1S/C16H11ClF2O5S/c1-9(16(20)21)6-10-7-13(18)15(14(19)8-10)24-11-2-4-12(5-3-11)25(17,22)23/h2-8H,1H3,(H,20,21)/b9-6+. The van der Waals surface area contributed by atoms with Gasteiger partial charge in [-0.05, 0) is 55.0 Å². The van der Waals surface area contributed by atoms with Gasteiger partial charge in [-0.1, -0.05) is 0 Å². The molecule has 0 bridgehead atoms. The van der Waals surface area contributed by atoms with Crippen LogP contribution in [0.25, 0.3) is 6.08 Å². The lowest BCUT2D eigenvalue weighted by molar-refractivity contribution is -0.132. The summed E-state index contributed by atoms with van der Waals surface area (Å²) in [4.78, 5) is 10.6. The largest absolute Gasteiger partial charge is 0.478 e. The summed E-state index contributed by atoms with van der Waals surface area (Å²) in [7, 11) is 1.25. The zero-order chi connectivity index (χ0) is 18.8. The predicted molar refractivity (Wildman–Crippen MR) is 87.2 cm³/mol. The van der Waals surface area contributed by atoms with Crippen molar-refractivity contribution in [3.63, 3.8) is 0 Å². The number of benzene rings is 2. The van der Waals surface area contributed by atoms with Crippen LogP contribution in [0.5, 0.6) is 11.5 Å². The fraction of sp³-hybridized carbons (Fsp3) is 0.0625. The van der Waals surface area contributed by atoms with Crippen molar-refractivity contribution in [1.82, 2.24) is 0 Å². The zero-order valence-electron chi connectivity index (χ0n) is 12.7. The molecule has 2 aromatic rings. The molecule has 25 heavy (non-hydrogen) atoms. The van der Waals surface area contributed by atoms with Gasteiger partial charge < -0.3 is 9.84 Å². The third-order valence-electron chi connectivity index (χ3n) is 3.07. The summed E-state index contributed by atoms with van der Waals surface area (Å²) < 4.78 is 55.5. The van der Waals surface area contributed by atoms with E-state index < -0.39 is 32.4 Å². The Morgan fingerprint density at radius 2 is 1.68 bits per heavy atom. The first-order valence-electron chi connectivity index (χ1n) is 6.71. The Labute approximate surface area is 146 Å². The highest BCUT2D eigenvalue weighted by Gasteiger charge is 2.15. The van der Waals surface area contributed by atoms with Gasteiger partial charge in [0.2, 0.25) is 0 Å². The SMILES string of the molecule is C/C(=C\c1cc(F)c(Oc2ccc(S(=O)(=O)Cl)cc2)c(F)c1)C(=O)O. The van der Waals surface area contributed by atoms with Crippen molar-refractivity contribution in [3.05, 3.63) is 59.2 Å². The van der Waals surface area contributed by atoms with Crippen molar-refractivity contribution in [1.29, 1.82) is 0 Å². The Bertz CT molecular complexity index is 930. The minimum absolute atomic E-state index is 0.00752. The third kappa shape index (κ3) is 4.77. The average molecular weight is 389 g/mol. The van der Waals surface area contributed by atoms with Crippen LogP contribution in [-0.4, -0.2) is 19.5 Å². The van der Waals surface area contributed by atoms with Crippen molar-refractivity contribution in [2.24, 2.45) is 0 Å². The summed E-state index contributed by atoms with van der Waals surface area (Å²) >= 11 is 0. The van der Waals surface area contributed by atoms with E-state index in [-0.39, 0.29) is 21.8 Å². The Balaban J connectivity index is 2.32. The molecule has 0 radical (unpaired) electrons. The highest BCUT2D eigenvalue weighted by Crippen LogP contribution is 2.30. The van der Waals surface area contributed by atoms with E-state index in [2.05, 4.69) is 0 Å². The van der Waals surface area contributed by atoms with E-state index in [4.69, 9.17) is 20.5 Å². The topological polar surface area (TPSA) is 80.7 Å². The molecule has 0 aromatic heterocycles. The van der Waals surface area contributed by atoms with E-state index in [0.29, 0.717) is 0 Å². The lowest BCUT2D eigenvalue weighted by Crippen LogP contribution is -1.97. The van der Waals surface area contributed by atoms with Crippen LogP contribution in [0.2, 0.25) is 0 Å². The van der Waals surface area contributed by atoms with Gasteiger partial charge in [-0.3, -0.25) is 0 Å². The van der Waals surface area contributed by atoms with Crippen LogP contribution in [0.3, 0.4) is 0 Å². The van der Waals surface area contributed by atoms with Crippen molar-refractivity contribution in [3.8, 4) is 11.5 Å². The number of ether oxygens (including phenoxy) is 1. The second-order valence-electron chi connectivity index (χ2n) is 4.96. The Kier molecular flexibility index (Phi) is 5.44. The monoisotopic (exact) mass is 388 g/mol. The molecule has 0 aliphatic rings. The molecular formula is C16H11ClF2O5S. The summed E-state index contributed by atoms with van der Waals surface area (Å²) in [5.41, 5.74) is -0.0730. The second-order valence-corrected chi connectivity index (χ2v) is 7.52. The summed E-state index contributed by atoms with van der Waals surface area (Å²) in [6.07, 6.45) is 1.11. The van der Waals surface area contributed by atoms with Crippen LogP contribution >= 0.6 is 10.7 Å². The van der Waals surface area contributed by atoms with Crippen molar-refractivity contribution < 1.29 is 31.8 Å². The molecule has 0 saturated heterocycles. The highest BCUT2D eigenvalue weighted by atomic mass is 35.7. The lowest BCUT2D eigenvalue weighted by atomic mass is 10.1. The Morgan fingerprint density at radius 1 is 1.16 bits per heavy atom. The summed E-state index contributed by atoms with van der Waals surface area (Å²) in [6, 6.07) is 6.47. The highest BCUT2D eigenvalue weighted by molar-refractivity contribution is 8.13. The molecule has 0 atom stereocenters. The maximum Gasteiger partial charge on any atom is 0.331 e. The zero-order valence-corrected chi connectivity index (χ0v) is 14.2. The first kappa shape index (κ1) is 18.9. The van der Waals surface area contributed by atoms with Crippen LogP contribution in [0, 0.1) is 11.6 Å². The molecule has 0 unspecified atom stereocenters. The smallest absolute Gasteiger partial charge is 0.331 e. The van der Waals surface area contributed by atoms with Gasteiger partial charge in [-0.15, -0.1) is 0 Å². The van der Waals surface area contributed by atoms with Gasteiger partial charge in [0.05, 0.1) is 4.90 Å². The number of rotatable bonds is 5. The van der Waals surface area contributed by atoms with E-state index in [0.717, 1.165) is 30.3 Å². The minimum Gasteiger partial charge on any atom is -0.478 e. The van der Waals surface area contributed by atoms with Gasteiger partial charge in [0.1, 0.15) is 5.75 Å². The molecular weight excluding hydrogens is 378 g/mol. The number of hydrogen-bond acceptors (Lipinski definition) is 4. The van der Waals surface area contributed by atoms with E-state index in [9.17, 15) is 22.0 Å². The molecule has 2 aromatic carbocycles. The predicted octanol–water partition coefficient (Wildman–Crippen LogP) is 4.17. The quantitative estimate of drug-likeness (QED) is 0.614. The minimum atomic E-state index is -3.92. The number of carboxylic acids is 1. The number of halogens is 3. The maximum atomic E-state index is 14.1. The van der Waals surface area contributed by atoms with Gasteiger partial charge in [-0.2, -0.15) is 0 Å². The third-order valence-corrected chi connectivity index (χ3v) is 4.44. The Hall–Kier alpha value is -2.45. The van der Waals surface area contributed by atoms with Gasteiger partial charge in [0.25, 0.3) is 9.05 Å². The van der Waals surface area contributed by atoms with Crippen LogP contribution < -0.4 is 4.74 Å². The van der Waals surface area contributed by atoms with Crippen LogP contribution in [-0.2, 0) is 13.8 Å². The molecule has 0 aliphatic heterocycles. The Morgan fingerprint density at radius 3 is 2.12 bits per heavy atom. The first-order chi connectivity index (χ1) is 11.6. The molecule has 0 spiro atoms. The second kappa shape index (κ2) is 7.20. The van der Waals surface area contributed by atoms with E-state index in [1.807, 2.05) is 0 Å². The molecule has 9 heteroatoms. The van der Waals surface area contributed by atoms with Crippen LogP contribution in [0.1, 0.15) is 12.5 Å². The fourth-order valence-corrected chi connectivity index (χ4v) is 2.63. The van der Waals surface area contributed by atoms with Gasteiger partial charge in [0.15, 0.2) is 17.4 Å².